The number of nitrogens with one attached hydrogen (secondary N) is 2. The lowest BCUT2D eigenvalue weighted by molar-refractivity contribution is -0.148. The highest BCUT2D eigenvalue weighted by molar-refractivity contribution is 6.00. The third-order valence-corrected chi connectivity index (χ3v) is 2.98. The summed E-state index contributed by atoms with van der Waals surface area (Å²) in [5.41, 5.74) is 0. The van der Waals surface area contributed by atoms with Gasteiger partial charge in [-0.3, -0.25) is 24.6 Å². The molecule has 0 radical (unpaired) electrons. The Hall–Kier alpha value is -1.47. The van der Waals surface area contributed by atoms with E-state index in [-0.39, 0.29) is 30.3 Å². The van der Waals surface area contributed by atoms with Crippen LogP contribution in [0.4, 0.5) is 0 Å². The second-order valence-electron chi connectivity index (χ2n) is 4.69. The predicted molar refractivity (Wildman–Crippen MR) is 68.3 cm³/mol. The van der Waals surface area contributed by atoms with E-state index in [9.17, 15) is 14.4 Å². The average Bonchev–Trinajstić information content (AvgIpc) is 2.35. The number of piperidine rings is 1. The Morgan fingerprint density at radius 3 is 2.84 bits per heavy atom. The van der Waals surface area contributed by atoms with Gasteiger partial charge in [0.05, 0.1) is 19.2 Å². The molecule has 3 amide bonds. The van der Waals surface area contributed by atoms with Gasteiger partial charge in [-0.15, -0.1) is 0 Å². The van der Waals surface area contributed by atoms with Gasteiger partial charge in [-0.1, -0.05) is 0 Å². The first kappa shape index (κ1) is 15.6. The van der Waals surface area contributed by atoms with Gasteiger partial charge in [0.2, 0.25) is 17.7 Å². The van der Waals surface area contributed by atoms with E-state index in [4.69, 9.17) is 4.74 Å². The molecule has 1 aliphatic heterocycles. The number of amides is 3. The monoisotopic (exact) mass is 271 g/mol. The molecule has 1 heterocycles. The molecule has 1 fully saturated rings. The number of ether oxygens (including phenoxy) is 1. The van der Waals surface area contributed by atoms with Gasteiger partial charge in [0, 0.05) is 26.6 Å². The molecule has 2 N–H and O–H groups in total. The average molecular weight is 271 g/mol. The van der Waals surface area contributed by atoms with E-state index in [2.05, 4.69) is 10.6 Å². The Bertz CT molecular complexity index is 359. The fourth-order valence-electron chi connectivity index (χ4n) is 1.94. The highest BCUT2D eigenvalue weighted by Crippen LogP contribution is 2.10. The standard InChI is InChI=1S/C12H21N3O4/c1-8(7-19-3)14-10(16)6-13-9-4-5-11(17)15(2)12(9)18/h8-9,13H,4-7H2,1-3H3,(H,14,16). The summed E-state index contributed by atoms with van der Waals surface area (Å²) in [4.78, 5) is 35.8. The highest BCUT2D eigenvalue weighted by Gasteiger charge is 2.31. The lowest BCUT2D eigenvalue weighted by Gasteiger charge is -2.28. The van der Waals surface area contributed by atoms with E-state index in [0.717, 1.165) is 4.90 Å². The maximum Gasteiger partial charge on any atom is 0.246 e. The molecule has 7 nitrogen and oxygen atoms in total. The number of carbonyl (C=O) groups is 3. The molecule has 0 aromatic carbocycles. The van der Waals surface area contributed by atoms with Gasteiger partial charge in [-0.25, -0.2) is 0 Å². The Kier molecular flexibility index (Phi) is 5.91. The van der Waals surface area contributed by atoms with Gasteiger partial charge in [-0.2, -0.15) is 0 Å². The van der Waals surface area contributed by atoms with Crippen LogP contribution in [0.1, 0.15) is 19.8 Å². The highest BCUT2D eigenvalue weighted by atomic mass is 16.5. The second-order valence-corrected chi connectivity index (χ2v) is 4.69. The van der Waals surface area contributed by atoms with Crippen LogP contribution in [-0.4, -0.2) is 62.0 Å². The molecule has 7 heteroatoms. The molecule has 108 valence electrons. The molecule has 1 aliphatic rings. The number of likely N-dealkylation sites (N-methyl/N-ethyl adjacent to an activating group) is 1. The summed E-state index contributed by atoms with van der Waals surface area (Å²) < 4.78 is 4.91. The van der Waals surface area contributed by atoms with Gasteiger partial charge in [0.25, 0.3) is 0 Å². The molecular weight excluding hydrogens is 250 g/mol. The minimum atomic E-state index is -0.466. The molecular formula is C12H21N3O4. The van der Waals surface area contributed by atoms with E-state index in [0.29, 0.717) is 19.4 Å². The summed E-state index contributed by atoms with van der Waals surface area (Å²) in [6, 6.07) is -0.545. The second kappa shape index (κ2) is 7.20. The van der Waals surface area contributed by atoms with E-state index in [1.807, 2.05) is 6.92 Å². The van der Waals surface area contributed by atoms with Crippen molar-refractivity contribution in [2.75, 3.05) is 27.3 Å². The summed E-state index contributed by atoms with van der Waals surface area (Å²) in [7, 11) is 3.02. The predicted octanol–water partition coefficient (Wildman–Crippen LogP) is -1.13. The van der Waals surface area contributed by atoms with Gasteiger partial charge >= 0.3 is 0 Å². The van der Waals surface area contributed by atoms with Crippen LogP contribution < -0.4 is 10.6 Å². The minimum absolute atomic E-state index is 0.0481. The van der Waals surface area contributed by atoms with Crippen molar-refractivity contribution in [1.82, 2.24) is 15.5 Å². The van der Waals surface area contributed by atoms with Crippen LogP contribution in [0, 0.1) is 0 Å². The number of methoxy groups -OCH3 is 1. The van der Waals surface area contributed by atoms with E-state index in [1.165, 1.54) is 7.05 Å². The first-order valence-corrected chi connectivity index (χ1v) is 6.27. The number of hydrogen-bond donors (Lipinski definition) is 2. The van der Waals surface area contributed by atoms with Gasteiger partial charge < -0.3 is 10.1 Å². The molecule has 0 saturated carbocycles. The number of imide groups is 1. The zero-order valence-corrected chi connectivity index (χ0v) is 11.6. The normalized spacial score (nSPS) is 21.4. The smallest absolute Gasteiger partial charge is 0.246 e. The maximum atomic E-state index is 11.8. The quantitative estimate of drug-likeness (QED) is 0.597. The SMILES string of the molecule is COCC(C)NC(=O)CNC1CCC(=O)N(C)C1=O. The Morgan fingerprint density at radius 2 is 2.21 bits per heavy atom. The van der Waals surface area contributed by atoms with Crippen LogP contribution in [-0.2, 0) is 19.1 Å². The summed E-state index contributed by atoms with van der Waals surface area (Å²) in [5.74, 6) is -0.660. The van der Waals surface area contributed by atoms with Crippen molar-refractivity contribution >= 4 is 17.7 Å². The molecule has 0 bridgehead atoms. The Morgan fingerprint density at radius 1 is 1.53 bits per heavy atom. The van der Waals surface area contributed by atoms with E-state index in [1.54, 1.807) is 7.11 Å². The van der Waals surface area contributed by atoms with Gasteiger partial charge in [-0.05, 0) is 13.3 Å². The third-order valence-electron chi connectivity index (χ3n) is 2.98. The van der Waals surface area contributed by atoms with Crippen LogP contribution >= 0.6 is 0 Å². The summed E-state index contributed by atoms with van der Waals surface area (Å²) in [6.45, 7) is 2.32. The van der Waals surface area contributed by atoms with Crippen molar-refractivity contribution in [3.05, 3.63) is 0 Å². The Labute approximate surface area is 112 Å². The van der Waals surface area contributed by atoms with Crippen molar-refractivity contribution in [2.24, 2.45) is 0 Å². The number of likely N-dealkylation sites (tertiary alicyclic amines) is 1. The molecule has 0 aliphatic carbocycles. The van der Waals surface area contributed by atoms with E-state index < -0.39 is 6.04 Å². The first-order valence-electron chi connectivity index (χ1n) is 6.27. The molecule has 1 saturated heterocycles. The molecule has 2 atom stereocenters. The summed E-state index contributed by atoms with van der Waals surface area (Å²) >= 11 is 0. The Balaban J connectivity index is 2.34. The van der Waals surface area contributed by atoms with Crippen LogP contribution in [0.15, 0.2) is 0 Å². The van der Waals surface area contributed by atoms with Crippen molar-refractivity contribution in [3.8, 4) is 0 Å². The molecule has 1 rings (SSSR count). The van der Waals surface area contributed by atoms with Crippen molar-refractivity contribution < 1.29 is 19.1 Å². The van der Waals surface area contributed by atoms with Crippen molar-refractivity contribution in [1.29, 1.82) is 0 Å². The first-order chi connectivity index (χ1) is 8.95. The molecule has 2 unspecified atom stereocenters. The van der Waals surface area contributed by atoms with Gasteiger partial charge in [0.15, 0.2) is 0 Å². The van der Waals surface area contributed by atoms with Crippen LogP contribution in [0.2, 0.25) is 0 Å². The molecule has 0 spiro atoms. The number of rotatable bonds is 6. The maximum absolute atomic E-state index is 11.8. The van der Waals surface area contributed by atoms with Gasteiger partial charge in [0.1, 0.15) is 0 Å². The fraction of sp³-hybridized carbons (Fsp3) is 0.750. The number of hydrogen-bond acceptors (Lipinski definition) is 5. The lowest BCUT2D eigenvalue weighted by Crippen LogP contribution is -2.53. The summed E-state index contributed by atoms with van der Waals surface area (Å²) in [6.07, 6.45) is 0.754. The summed E-state index contributed by atoms with van der Waals surface area (Å²) in [5, 5.41) is 5.61. The molecule has 0 aromatic heterocycles. The number of nitrogens with zero attached hydrogens (tertiary/aromatic N) is 1. The largest absolute Gasteiger partial charge is 0.383 e. The molecule has 19 heavy (non-hydrogen) atoms. The van der Waals surface area contributed by atoms with Crippen LogP contribution in [0.25, 0.3) is 0 Å². The zero-order chi connectivity index (χ0) is 14.4. The molecule has 0 aromatic rings. The van der Waals surface area contributed by atoms with Crippen LogP contribution in [0.5, 0.6) is 0 Å². The third kappa shape index (κ3) is 4.60. The van der Waals surface area contributed by atoms with E-state index >= 15 is 0 Å². The number of carbonyl (C=O) groups excluding carboxylic acids is 3. The minimum Gasteiger partial charge on any atom is -0.383 e. The fourth-order valence-corrected chi connectivity index (χ4v) is 1.94. The lowest BCUT2D eigenvalue weighted by atomic mass is 10.0. The zero-order valence-electron chi connectivity index (χ0n) is 11.6. The topological polar surface area (TPSA) is 87.7 Å². The van der Waals surface area contributed by atoms with Crippen molar-refractivity contribution in [2.45, 2.75) is 31.8 Å². The van der Waals surface area contributed by atoms with Crippen LogP contribution in [0.3, 0.4) is 0 Å². The van der Waals surface area contributed by atoms with Crippen molar-refractivity contribution in [3.63, 3.8) is 0 Å².